The van der Waals surface area contributed by atoms with Crippen LogP contribution in [-0.4, -0.2) is 56.8 Å². The molecule has 9 nitrogen and oxygen atoms in total. The molecule has 0 aromatic carbocycles. The van der Waals surface area contributed by atoms with E-state index in [2.05, 4.69) is 18.1 Å². The first-order valence-electron chi connectivity index (χ1n) is 14.1. The highest BCUT2D eigenvalue weighted by atomic mass is 16.6. The topological polar surface area (TPSA) is 140 Å². The molecule has 1 aliphatic carbocycles. The maximum Gasteiger partial charge on any atom is 0.328 e. The number of carboxylic acids is 1. The van der Waals surface area contributed by atoms with Crippen molar-refractivity contribution in [3.05, 3.63) is 121 Å². The number of hydrogen-bond donors (Lipinski definition) is 4. The summed E-state index contributed by atoms with van der Waals surface area (Å²) in [4.78, 5) is 30.0. The summed E-state index contributed by atoms with van der Waals surface area (Å²) in [6.07, 6.45) is 10.4. The van der Waals surface area contributed by atoms with Crippen LogP contribution in [0.5, 0.6) is 0 Å². The van der Waals surface area contributed by atoms with Gasteiger partial charge in [0.25, 0.3) is 0 Å². The number of nitrogens with zero attached hydrogens (tertiary/aromatic N) is 3. The molecule has 222 valence electrons. The van der Waals surface area contributed by atoms with Gasteiger partial charge in [0.1, 0.15) is 5.76 Å². The van der Waals surface area contributed by atoms with E-state index < -0.39 is 18.2 Å². The van der Waals surface area contributed by atoms with E-state index in [1.807, 2.05) is 45.9 Å². The van der Waals surface area contributed by atoms with Crippen molar-refractivity contribution in [3.8, 4) is 0 Å². The monoisotopic (exact) mass is 588 g/mol. The number of carbonyl (C=O) groups is 1. The molecule has 8 bridgehead atoms. The summed E-state index contributed by atoms with van der Waals surface area (Å²) >= 11 is 0. The van der Waals surface area contributed by atoms with E-state index in [9.17, 15) is 20.1 Å². The maximum absolute atomic E-state index is 11.6. The Bertz CT molecular complexity index is 2060. The van der Waals surface area contributed by atoms with Gasteiger partial charge in [-0.2, -0.15) is 0 Å². The molecule has 6 rings (SSSR count). The second-order valence-electron chi connectivity index (χ2n) is 11.1. The third kappa shape index (κ3) is 4.24. The van der Waals surface area contributed by atoms with Gasteiger partial charge in [-0.1, -0.05) is 25.3 Å². The van der Waals surface area contributed by atoms with Gasteiger partial charge in [-0.3, -0.25) is 0 Å². The van der Waals surface area contributed by atoms with Gasteiger partial charge in [0.05, 0.1) is 40.1 Å². The van der Waals surface area contributed by atoms with Gasteiger partial charge in [-0.15, -0.1) is 0 Å². The molecule has 1 aromatic rings. The zero-order chi connectivity index (χ0) is 31.6. The number of carboxylic acid groups (broad SMARTS) is 1. The molecular weight excluding hydrogens is 556 g/mol. The molecule has 2 atom stereocenters. The maximum atomic E-state index is 11.6. The van der Waals surface area contributed by atoms with Crippen LogP contribution in [0, 0.1) is 12.8 Å². The summed E-state index contributed by atoms with van der Waals surface area (Å²) < 4.78 is 5.31. The molecule has 9 heteroatoms. The third-order valence-electron chi connectivity index (χ3n) is 8.71. The Hall–Kier alpha value is -5.12. The Morgan fingerprint density at radius 1 is 0.977 bits per heavy atom. The van der Waals surface area contributed by atoms with E-state index >= 15 is 0 Å². The smallest absolute Gasteiger partial charge is 0.328 e. The van der Waals surface area contributed by atoms with E-state index in [-0.39, 0.29) is 5.76 Å². The van der Waals surface area contributed by atoms with Crippen LogP contribution >= 0.6 is 0 Å². The summed E-state index contributed by atoms with van der Waals surface area (Å²) in [6, 6.07) is 0. The lowest BCUT2D eigenvalue weighted by molar-refractivity contribution is -0.131. The highest BCUT2D eigenvalue weighted by Gasteiger charge is 2.46. The molecule has 0 radical (unpaired) electrons. The number of rotatable bonds is 6. The van der Waals surface area contributed by atoms with Crippen LogP contribution in [0.3, 0.4) is 0 Å². The van der Waals surface area contributed by atoms with Crippen molar-refractivity contribution in [2.45, 2.75) is 34.0 Å². The van der Waals surface area contributed by atoms with Crippen LogP contribution < -0.4 is 10.7 Å². The molecule has 4 aliphatic heterocycles. The van der Waals surface area contributed by atoms with E-state index in [4.69, 9.17) is 19.7 Å². The largest absolute Gasteiger partial charge is 0.511 e. The highest BCUT2D eigenvalue weighted by molar-refractivity contribution is 6.27. The molecule has 0 saturated heterocycles. The SMILES string of the molecule is C=CC1=C(C)C2=NC1=CC1=C(C)C3=C(O)[C@H](C(O)OC)C(=C4N=C(C=c5[nH]c(c(C=C)c5C)=C2)C(C)=C4/C=C/C(=O)O)C3=N1. The number of aliphatic imine (C=N–C) groups is 3. The molecular formula is C35H32N4O5. The molecule has 5 heterocycles. The Morgan fingerprint density at radius 2 is 1.66 bits per heavy atom. The summed E-state index contributed by atoms with van der Waals surface area (Å²) in [7, 11) is 1.35. The van der Waals surface area contributed by atoms with Gasteiger partial charge in [0.15, 0.2) is 6.29 Å². The predicted octanol–water partition coefficient (Wildman–Crippen LogP) is 4.18. The number of H-pyrrole nitrogens is 1. The van der Waals surface area contributed by atoms with Gasteiger partial charge in [-0.05, 0) is 74.3 Å². The highest BCUT2D eigenvalue weighted by Crippen LogP contribution is 2.48. The quantitative estimate of drug-likeness (QED) is 0.292. The molecule has 4 N–H and O–H groups in total. The minimum Gasteiger partial charge on any atom is -0.511 e. The van der Waals surface area contributed by atoms with E-state index in [1.165, 1.54) is 13.2 Å². The van der Waals surface area contributed by atoms with E-state index in [0.29, 0.717) is 50.8 Å². The average molecular weight is 589 g/mol. The fraction of sp³-hybridized carbons (Fsp3) is 0.200. The first kappa shape index (κ1) is 29.0. The molecule has 0 spiro atoms. The number of aromatic amines is 1. The van der Waals surface area contributed by atoms with Crippen LogP contribution in [0.25, 0.3) is 18.2 Å². The molecule has 0 amide bonds. The van der Waals surface area contributed by atoms with Crippen LogP contribution in [0.4, 0.5) is 0 Å². The fourth-order valence-corrected chi connectivity index (χ4v) is 6.30. The van der Waals surface area contributed by atoms with Crippen molar-refractivity contribution in [1.29, 1.82) is 0 Å². The van der Waals surface area contributed by atoms with Gasteiger partial charge < -0.3 is 25.0 Å². The van der Waals surface area contributed by atoms with Crippen molar-refractivity contribution in [1.82, 2.24) is 4.98 Å². The average Bonchev–Trinajstić information content (AvgIpc) is 3.72. The van der Waals surface area contributed by atoms with Crippen molar-refractivity contribution in [2.24, 2.45) is 20.9 Å². The lowest BCUT2D eigenvalue weighted by atomic mass is 9.93. The normalized spacial score (nSPS) is 21.5. The zero-order valence-corrected chi connectivity index (χ0v) is 25.1. The number of nitrogens with one attached hydrogen (secondary N) is 1. The number of allylic oxidation sites excluding steroid dienone is 7. The van der Waals surface area contributed by atoms with E-state index in [0.717, 1.165) is 50.3 Å². The summed E-state index contributed by atoms with van der Waals surface area (Å²) in [5.74, 6) is -2.22. The van der Waals surface area contributed by atoms with E-state index in [1.54, 1.807) is 12.2 Å². The number of aliphatic carboxylic acids is 1. The Morgan fingerprint density at radius 3 is 2.32 bits per heavy atom. The molecule has 0 fully saturated rings. The number of hydrogen-bond acceptors (Lipinski definition) is 7. The first-order valence-corrected chi connectivity index (χ1v) is 14.1. The predicted molar refractivity (Wildman–Crippen MR) is 172 cm³/mol. The zero-order valence-electron chi connectivity index (χ0n) is 25.1. The van der Waals surface area contributed by atoms with Crippen molar-refractivity contribution < 1.29 is 24.9 Å². The summed E-state index contributed by atoms with van der Waals surface area (Å²) in [6.45, 7) is 15.8. The molecule has 1 unspecified atom stereocenters. The molecule has 0 saturated carbocycles. The minimum atomic E-state index is -1.41. The Balaban J connectivity index is 1.77. The number of aromatic nitrogens is 1. The number of aliphatic hydroxyl groups is 2. The van der Waals surface area contributed by atoms with Crippen molar-refractivity contribution in [3.63, 3.8) is 0 Å². The van der Waals surface area contributed by atoms with Crippen LogP contribution in [0.2, 0.25) is 0 Å². The second-order valence-corrected chi connectivity index (χ2v) is 11.1. The lowest BCUT2D eigenvalue weighted by Gasteiger charge is -2.20. The lowest BCUT2D eigenvalue weighted by Crippen LogP contribution is -2.25. The summed E-state index contributed by atoms with van der Waals surface area (Å²) in [5.41, 5.74) is 10.0. The second kappa shape index (κ2) is 10.6. The van der Waals surface area contributed by atoms with Crippen LogP contribution in [-0.2, 0) is 9.53 Å². The standard InChI is InChI=1S/C35H32N4O5/c1-8-19-15(3)22-12-24-17(5)21(10-11-28(40)41)32(38-24)30-31(35(43)44-7)34(42)29-18(6)25(39-33(29)30)14-27-20(9-2)16(4)23(37-27)13-26(19)36-22/h8-14,31,35-36,42-43H,1-2H2,3-7H3,(H,40,41)/b11-10+,22-12?,26-13?,27-14?,32-30?/t31-,35?/m1/s1. The van der Waals surface area contributed by atoms with Crippen LogP contribution in [0.1, 0.15) is 31.9 Å². The fourth-order valence-electron chi connectivity index (χ4n) is 6.30. The summed E-state index contributed by atoms with van der Waals surface area (Å²) in [5, 5.41) is 33.7. The molecule has 1 aromatic heterocycles. The number of ether oxygens (including phenoxy) is 1. The van der Waals surface area contributed by atoms with Gasteiger partial charge in [-0.25, -0.2) is 19.8 Å². The van der Waals surface area contributed by atoms with Gasteiger partial charge in [0, 0.05) is 51.7 Å². The van der Waals surface area contributed by atoms with Gasteiger partial charge >= 0.3 is 5.97 Å². The molecule has 44 heavy (non-hydrogen) atoms. The Kier molecular flexibility index (Phi) is 6.95. The van der Waals surface area contributed by atoms with Crippen molar-refractivity contribution in [2.75, 3.05) is 7.11 Å². The van der Waals surface area contributed by atoms with Gasteiger partial charge in [0.2, 0.25) is 0 Å². The molecule has 5 aliphatic rings. The first-order chi connectivity index (χ1) is 21.0. The number of methoxy groups -OCH3 is 1. The Labute approximate surface area is 254 Å². The van der Waals surface area contributed by atoms with Crippen LogP contribution in [0.15, 0.2) is 114 Å². The third-order valence-corrected chi connectivity index (χ3v) is 8.71. The number of fused-ring (bicyclic) bond motifs is 5. The van der Waals surface area contributed by atoms with Crippen molar-refractivity contribution >= 4 is 41.3 Å². The minimum absolute atomic E-state index is 0.0976. The number of aliphatic hydroxyl groups excluding tert-OH is 2.